The molecule has 34 heavy (non-hydrogen) atoms. The van der Waals surface area contributed by atoms with Gasteiger partial charge in [-0.3, -0.25) is 15.4 Å². The van der Waals surface area contributed by atoms with Gasteiger partial charge in [-0.2, -0.15) is 0 Å². The lowest BCUT2D eigenvalue weighted by Gasteiger charge is -2.28. The highest BCUT2D eigenvalue weighted by Crippen LogP contribution is 2.31. The van der Waals surface area contributed by atoms with E-state index < -0.39 is 11.5 Å². The summed E-state index contributed by atoms with van der Waals surface area (Å²) in [6.45, 7) is 5.32. The van der Waals surface area contributed by atoms with Crippen LogP contribution in [-0.2, 0) is 0 Å². The number of aromatic nitrogens is 1. The molecule has 2 aliphatic carbocycles. The first-order valence-corrected chi connectivity index (χ1v) is 11.9. The Bertz CT molecular complexity index is 1140. The summed E-state index contributed by atoms with van der Waals surface area (Å²) in [5, 5.41) is 31.8. The van der Waals surface area contributed by atoms with Crippen molar-refractivity contribution in [3.8, 4) is 6.07 Å². The van der Waals surface area contributed by atoms with Crippen LogP contribution in [0.2, 0.25) is 0 Å². The standard InChI is InChI=1S/C26H32N5O3/c1-18-6-5-7-23(31(18)34)25(32)29-22-14-20(21(27)15-24(22)30-12-3-4-13-30)17-28-16-19-8-10-26(2,33)11-9-19/h5-7,14-15,17,19,27,33H,3-4,8-13H2,1-2H3,(H-,29,32,34)/q+1/p+1/b20-17-,27-21?. The number of nitrogens with zero attached hydrogens (tertiary/aromatic N) is 3. The van der Waals surface area contributed by atoms with Crippen LogP contribution in [0.5, 0.6) is 0 Å². The van der Waals surface area contributed by atoms with Crippen molar-refractivity contribution < 1.29 is 19.8 Å². The van der Waals surface area contributed by atoms with Crippen molar-refractivity contribution in [2.75, 3.05) is 13.1 Å². The Balaban J connectivity index is 1.57. The van der Waals surface area contributed by atoms with Gasteiger partial charge < -0.3 is 15.3 Å². The Morgan fingerprint density at radius 3 is 2.71 bits per heavy atom. The van der Waals surface area contributed by atoms with Crippen LogP contribution in [0.3, 0.4) is 0 Å². The zero-order valence-corrected chi connectivity index (χ0v) is 19.8. The van der Waals surface area contributed by atoms with Crippen LogP contribution in [-0.4, -0.2) is 45.5 Å². The summed E-state index contributed by atoms with van der Waals surface area (Å²) in [5.41, 5.74) is 2.37. The van der Waals surface area contributed by atoms with Crippen LogP contribution in [0, 0.1) is 24.3 Å². The number of aliphatic hydroxyl groups is 1. The molecule has 2 fully saturated rings. The van der Waals surface area contributed by atoms with Gasteiger partial charge in [-0.05, 0) is 68.5 Å². The predicted octanol–water partition coefficient (Wildman–Crippen LogP) is 3.30. The van der Waals surface area contributed by atoms with Gasteiger partial charge in [-0.25, -0.2) is 0 Å². The summed E-state index contributed by atoms with van der Waals surface area (Å²) in [4.78, 5) is 19.5. The molecule has 0 spiro atoms. The molecule has 1 aliphatic heterocycles. The van der Waals surface area contributed by atoms with Crippen LogP contribution >= 0.6 is 0 Å². The van der Waals surface area contributed by atoms with Crippen molar-refractivity contribution in [1.82, 2.24) is 10.2 Å². The van der Waals surface area contributed by atoms with Gasteiger partial charge in [0.05, 0.1) is 34.2 Å². The third kappa shape index (κ3) is 5.37. The number of amides is 1. The molecule has 0 aromatic carbocycles. The normalized spacial score (nSPS) is 26.0. The Morgan fingerprint density at radius 2 is 2.00 bits per heavy atom. The molecule has 0 bridgehead atoms. The van der Waals surface area contributed by atoms with Crippen LogP contribution in [0.1, 0.15) is 61.6 Å². The molecule has 0 unspecified atom stereocenters. The summed E-state index contributed by atoms with van der Waals surface area (Å²) >= 11 is 0. The van der Waals surface area contributed by atoms with Crippen molar-refractivity contribution in [2.45, 2.75) is 58.0 Å². The SMILES string of the molecule is Cc1cccc(C(=O)NC2=C/C(=C/[N+]#CC3CCC(C)(O)CC3)C(=N)C=C2N2CCCC2)[n+]1O. The lowest BCUT2D eigenvalue weighted by molar-refractivity contribution is -0.909. The van der Waals surface area contributed by atoms with Crippen molar-refractivity contribution >= 4 is 11.6 Å². The Kier molecular flexibility index (Phi) is 6.85. The molecule has 1 saturated heterocycles. The van der Waals surface area contributed by atoms with E-state index in [1.807, 2.05) is 6.92 Å². The van der Waals surface area contributed by atoms with Crippen LogP contribution in [0.25, 0.3) is 4.85 Å². The third-order valence-corrected chi connectivity index (χ3v) is 6.77. The second-order valence-corrected chi connectivity index (χ2v) is 9.63. The fraction of sp³-hybridized carbons (Fsp3) is 0.462. The first kappa shape index (κ1) is 23.7. The van der Waals surface area contributed by atoms with Gasteiger partial charge in [0.1, 0.15) is 0 Å². The van der Waals surface area contributed by atoms with E-state index in [0.29, 0.717) is 22.7 Å². The zero-order valence-electron chi connectivity index (χ0n) is 19.8. The smallest absolute Gasteiger partial charge is 0.325 e. The second-order valence-electron chi connectivity index (χ2n) is 9.63. The molecule has 4 N–H and O–H groups in total. The number of aryl methyl sites for hydroxylation is 1. The molecule has 0 atom stereocenters. The lowest BCUT2D eigenvalue weighted by atomic mass is 9.81. The molecule has 1 aromatic rings. The predicted molar refractivity (Wildman–Crippen MR) is 129 cm³/mol. The topological polar surface area (TPSA) is 105 Å². The first-order valence-electron chi connectivity index (χ1n) is 11.9. The molecule has 2 heterocycles. The molecule has 1 aromatic heterocycles. The largest absolute Gasteiger partial charge is 0.390 e. The number of hydrogen-bond acceptors (Lipinski definition) is 5. The summed E-state index contributed by atoms with van der Waals surface area (Å²) in [6, 6.07) is 8.15. The number of carbonyl (C=O) groups excluding carboxylic acids is 1. The van der Waals surface area contributed by atoms with Crippen molar-refractivity contribution in [2.24, 2.45) is 5.92 Å². The minimum absolute atomic E-state index is 0.132. The second kappa shape index (κ2) is 9.82. The Hall–Kier alpha value is -3.44. The van der Waals surface area contributed by atoms with Gasteiger partial charge in [0.15, 0.2) is 0 Å². The van der Waals surface area contributed by atoms with Crippen LogP contribution < -0.4 is 10.0 Å². The molecule has 1 saturated carbocycles. The minimum atomic E-state index is -0.598. The van der Waals surface area contributed by atoms with E-state index in [2.05, 4.69) is 21.1 Å². The number of nitrogens with one attached hydrogen (secondary N) is 2. The van der Waals surface area contributed by atoms with Gasteiger partial charge in [-0.1, -0.05) is 0 Å². The van der Waals surface area contributed by atoms with Gasteiger partial charge >= 0.3 is 17.8 Å². The fourth-order valence-corrected chi connectivity index (χ4v) is 4.58. The highest BCUT2D eigenvalue weighted by atomic mass is 16.5. The van der Waals surface area contributed by atoms with Gasteiger partial charge in [0, 0.05) is 36.9 Å². The van der Waals surface area contributed by atoms with E-state index in [1.54, 1.807) is 43.5 Å². The number of hydrogen-bond donors (Lipinski definition) is 4. The van der Waals surface area contributed by atoms with Gasteiger partial charge in [-0.15, -0.1) is 0 Å². The number of rotatable bonds is 3. The molecule has 8 heteroatoms. The number of pyridine rings is 1. The Labute approximate surface area is 200 Å². The summed E-state index contributed by atoms with van der Waals surface area (Å²) in [6.07, 6.45) is 10.4. The number of carbonyl (C=O) groups is 1. The molecular weight excluding hydrogens is 430 g/mol. The molecule has 8 nitrogen and oxygen atoms in total. The van der Waals surface area contributed by atoms with Crippen molar-refractivity contribution in [3.05, 3.63) is 69.8 Å². The van der Waals surface area contributed by atoms with E-state index in [4.69, 9.17) is 5.41 Å². The molecule has 4 rings (SSSR count). The summed E-state index contributed by atoms with van der Waals surface area (Å²) < 4.78 is 0.873. The van der Waals surface area contributed by atoms with Gasteiger partial charge in [0.2, 0.25) is 5.69 Å². The highest BCUT2D eigenvalue weighted by Gasteiger charge is 2.31. The maximum atomic E-state index is 13.0. The van der Waals surface area contributed by atoms with E-state index in [9.17, 15) is 15.1 Å². The maximum Gasteiger partial charge on any atom is 0.325 e. The molecular formula is C26H33N5O3+2. The lowest BCUT2D eigenvalue weighted by Crippen LogP contribution is -2.44. The minimum Gasteiger partial charge on any atom is -0.390 e. The van der Waals surface area contributed by atoms with E-state index in [1.165, 1.54) is 0 Å². The molecule has 1 amide bonds. The van der Waals surface area contributed by atoms with Crippen molar-refractivity contribution in [1.29, 1.82) is 5.41 Å². The summed E-state index contributed by atoms with van der Waals surface area (Å²) in [5.74, 6) is -0.241. The molecule has 0 radical (unpaired) electrons. The Morgan fingerprint density at radius 1 is 1.29 bits per heavy atom. The quantitative estimate of drug-likeness (QED) is 0.408. The van der Waals surface area contributed by atoms with Gasteiger partial charge in [0.25, 0.3) is 6.07 Å². The number of allylic oxidation sites excluding steroid dienone is 3. The maximum absolute atomic E-state index is 13.0. The van der Waals surface area contributed by atoms with Crippen LogP contribution in [0.4, 0.5) is 0 Å². The van der Waals surface area contributed by atoms with Crippen LogP contribution in [0.15, 0.2) is 53.5 Å². The highest BCUT2D eigenvalue weighted by molar-refractivity contribution is 6.11. The molecule has 3 aliphatic rings. The number of likely N-dealkylation sites (tertiary alicyclic amines) is 1. The average molecular weight is 464 g/mol. The zero-order chi connectivity index (χ0) is 24.3. The van der Waals surface area contributed by atoms with E-state index in [-0.39, 0.29) is 11.6 Å². The van der Waals surface area contributed by atoms with Crippen molar-refractivity contribution in [3.63, 3.8) is 0 Å². The average Bonchev–Trinajstić information content (AvgIpc) is 3.33. The monoisotopic (exact) mass is 463 g/mol. The summed E-state index contributed by atoms with van der Waals surface area (Å²) in [7, 11) is 0. The molecule has 178 valence electrons. The third-order valence-electron chi connectivity index (χ3n) is 6.77. The first-order chi connectivity index (χ1) is 16.2. The fourth-order valence-electron chi connectivity index (χ4n) is 4.58. The van der Waals surface area contributed by atoms with E-state index >= 15 is 0 Å². The van der Waals surface area contributed by atoms with E-state index in [0.717, 1.165) is 62.0 Å².